The molecule has 0 aliphatic rings. The topological polar surface area (TPSA) is 75.7 Å². The molecule has 0 aromatic heterocycles. The third-order valence-electron chi connectivity index (χ3n) is 4.94. The molecule has 33 heavy (non-hydrogen) atoms. The molecule has 0 bridgehead atoms. The monoisotopic (exact) mass is 470 g/mol. The van der Waals surface area contributed by atoms with Gasteiger partial charge in [0.05, 0.1) is 25.0 Å². The number of hydrogen-bond acceptors (Lipinski definition) is 4. The highest BCUT2D eigenvalue weighted by atomic mass is 32.2. The zero-order valence-corrected chi connectivity index (χ0v) is 19.7. The van der Waals surface area contributed by atoms with Crippen LogP contribution < -0.4 is 14.4 Å². The Kier molecular flexibility index (Phi) is 7.71. The van der Waals surface area contributed by atoms with E-state index in [1.54, 1.807) is 12.1 Å². The van der Waals surface area contributed by atoms with E-state index in [1.165, 1.54) is 36.4 Å². The number of halogens is 1. The molecule has 0 spiro atoms. The van der Waals surface area contributed by atoms with Crippen LogP contribution in [-0.4, -0.2) is 33.7 Å². The predicted molar refractivity (Wildman–Crippen MR) is 128 cm³/mol. The molecule has 6 nitrogen and oxygen atoms in total. The van der Waals surface area contributed by atoms with E-state index < -0.39 is 15.8 Å². The summed E-state index contributed by atoms with van der Waals surface area (Å²) < 4.78 is 45.4. The highest BCUT2D eigenvalue weighted by Gasteiger charge is 2.20. The van der Waals surface area contributed by atoms with Crippen molar-refractivity contribution < 1.29 is 22.3 Å². The molecule has 3 aromatic rings. The fourth-order valence-corrected chi connectivity index (χ4v) is 4.29. The SMILES string of the molecule is Cc1cc(C)cc(OCCNC(=O)c2ccc(N(Cc3ccccc3F)S(C)(=O)=O)cc2)c1. The second-order valence-electron chi connectivity index (χ2n) is 7.84. The smallest absolute Gasteiger partial charge is 0.251 e. The highest BCUT2D eigenvalue weighted by molar-refractivity contribution is 7.92. The first kappa shape index (κ1) is 24.3. The molecule has 1 N–H and O–H groups in total. The van der Waals surface area contributed by atoms with E-state index in [0.29, 0.717) is 24.4 Å². The normalized spacial score (nSPS) is 11.2. The Bertz CT molecular complexity index is 1210. The lowest BCUT2D eigenvalue weighted by Gasteiger charge is -2.23. The average molecular weight is 471 g/mol. The van der Waals surface area contributed by atoms with Gasteiger partial charge in [-0.05, 0) is 67.4 Å². The van der Waals surface area contributed by atoms with Crippen molar-refractivity contribution in [2.24, 2.45) is 0 Å². The van der Waals surface area contributed by atoms with Crippen molar-refractivity contribution >= 4 is 21.6 Å². The van der Waals surface area contributed by atoms with Gasteiger partial charge in [0.2, 0.25) is 10.0 Å². The number of rotatable bonds is 9. The van der Waals surface area contributed by atoms with Crippen LogP contribution in [0.2, 0.25) is 0 Å². The van der Waals surface area contributed by atoms with E-state index in [1.807, 2.05) is 26.0 Å². The molecule has 0 atom stereocenters. The molecule has 0 radical (unpaired) electrons. The van der Waals surface area contributed by atoms with Gasteiger partial charge in [-0.3, -0.25) is 9.10 Å². The molecule has 1 amide bonds. The molecule has 0 saturated carbocycles. The van der Waals surface area contributed by atoms with Crippen LogP contribution in [0, 0.1) is 19.7 Å². The molecule has 0 fully saturated rings. The van der Waals surface area contributed by atoms with Crippen LogP contribution >= 0.6 is 0 Å². The van der Waals surface area contributed by atoms with Gasteiger partial charge in [0.15, 0.2) is 0 Å². The van der Waals surface area contributed by atoms with Crippen molar-refractivity contribution in [1.82, 2.24) is 5.32 Å². The van der Waals surface area contributed by atoms with Crippen LogP contribution in [0.1, 0.15) is 27.0 Å². The van der Waals surface area contributed by atoms with Crippen LogP contribution in [0.15, 0.2) is 66.7 Å². The van der Waals surface area contributed by atoms with Gasteiger partial charge in [-0.1, -0.05) is 24.3 Å². The second-order valence-corrected chi connectivity index (χ2v) is 9.74. The molecule has 0 aliphatic carbocycles. The van der Waals surface area contributed by atoms with E-state index in [4.69, 9.17) is 4.74 Å². The van der Waals surface area contributed by atoms with Gasteiger partial charge in [-0.25, -0.2) is 12.8 Å². The number of hydrogen-bond donors (Lipinski definition) is 1. The van der Waals surface area contributed by atoms with Crippen molar-refractivity contribution in [3.05, 3.63) is 94.8 Å². The summed E-state index contributed by atoms with van der Waals surface area (Å²) >= 11 is 0. The molecule has 0 aliphatic heterocycles. The summed E-state index contributed by atoms with van der Waals surface area (Å²) in [4.78, 5) is 12.4. The number of sulfonamides is 1. The van der Waals surface area contributed by atoms with Gasteiger partial charge in [-0.15, -0.1) is 0 Å². The third kappa shape index (κ3) is 6.79. The van der Waals surface area contributed by atoms with Crippen LogP contribution in [0.5, 0.6) is 5.75 Å². The molecule has 3 rings (SSSR count). The summed E-state index contributed by atoms with van der Waals surface area (Å²) in [6.07, 6.45) is 1.06. The van der Waals surface area contributed by atoms with Crippen LogP contribution in [0.3, 0.4) is 0 Å². The van der Waals surface area contributed by atoms with Gasteiger partial charge >= 0.3 is 0 Å². The molecule has 8 heteroatoms. The van der Waals surface area contributed by atoms with Crippen LogP contribution in [0.25, 0.3) is 0 Å². The fraction of sp³-hybridized carbons (Fsp3) is 0.240. The fourth-order valence-electron chi connectivity index (χ4n) is 3.41. The standard InChI is InChI=1S/C25H27FN2O4S/c1-18-14-19(2)16-23(15-18)32-13-12-27-25(29)20-8-10-22(11-9-20)28(33(3,30)31)17-21-6-4-5-7-24(21)26/h4-11,14-16H,12-13,17H2,1-3H3,(H,27,29). The van der Waals surface area contributed by atoms with E-state index in [2.05, 4.69) is 11.4 Å². The minimum absolute atomic E-state index is 0.146. The molecular formula is C25H27FN2O4S. The van der Waals surface area contributed by atoms with Gasteiger partial charge in [-0.2, -0.15) is 0 Å². The maximum absolute atomic E-state index is 14.0. The van der Waals surface area contributed by atoms with Crippen LogP contribution in [0.4, 0.5) is 10.1 Å². The molecule has 0 unspecified atom stereocenters. The number of nitrogens with zero attached hydrogens (tertiary/aromatic N) is 1. The van der Waals surface area contributed by atoms with E-state index >= 15 is 0 Å². The van der Waals surface area contributed by atoms with E-state index in [-0.39, 0.29) is 18.0 Å². The number of amides is 1. The largest absolute Gasteiger partial charge is 0.492 e. The first-order valence-electron chi connectivity index (χ1n) is 10.4. The first-order chi connectivity index (χ1) is 15.6. The Balaban J connectivity index is 1.61. The zero-order chi connectivity index (χ0) is 24.0. The summed E-state index contributed by atoms with van der Waals surface area (Å²) in [5.74, 6) is -0.0300. The third-order valence-corrected chi connectivity index (χ3v) is 6.08. The number of benzene rings is 3. The number of nitrogens with one attached hydrogen (secondary N) is 1. The molecule has 174 valence electrons. The Morgan fingerprint density at radius 3 is 2.24 bits per heavy atom. The van der Waals surface area contributed by atoms with Crippen molar-refractivity contribution in [2.45, 2.75) is 20.4 Å². The number of aryl methyl sites for hydroxylation is 2. The van der Waals surface area contributed by atoms with Crippen molar-refractivity contribution in [3.63, 3.8) is 0 Å². The maximum atomic E-state index is 14.0. The minimum Gasteiger partial charge on any atom is -0.492 e. The molecule has 0 heterocycles. The maximum Gasteiger partial charge on any atom is 0.251 e. The highest BCUT2D eigenvalue weighted by Crippen LogP contribution is 2.22. The Morgan fingerprint density at radius 1 is 1.00 bits per heavy atom. The zero-order valence-electron chi connectivity index (χ0n) is 18.8. The minimum atomic E-state index is -3.67. The summed E-state index contributed by atoms with van der Waals surface area (Å²) in [5, 5.41) is 2.78. The van der Waals surface area contributed by atoms with Gasteiger partial charge < -0.3 is 10.1 Å². The summed E-state index contributed by atoms with van der Waals surface area (Å²) in [5.41, 5.74) is 3.19. The van der Waals surface area contributed by atoms with Gasteiger partial charge in [0, 0.05) is 11.1 Å². The quantitative estimate of drug-likeness (QED) is 0.475. The van der Waals surface area contributed by atoms with Crippen LogP contribution in [-0.2, 0) is 16.6 Å². The van der Waals surface area contributed by atoms with Crippen molar-refractivity contribution in [1.29, 1.82) is 0 Å². The number of anilines is 1. The molecule has 3 aromatic carbocycles. The van der Waals surface area contributed by atoms with E-state index in [0.717, 1.165) is 27.4 Å². The number of carbonyl (C=O) groups is 1. The Hall–Kier alpha value is -3.39. The van der Waals surface area contributed by atoms with Gasteiger partial charge in [0.25, 0.3) is 5.91 Å². The molecular weight excluding hydrogens is 443 g/mol. The number of ether oxygens (including phenoxy) is 1. The average Bonchev–Trinajstić information content (AvgIpc) is 2.75. The lowest BCUT2D eigenvalue weighted by molar-refractivity contribution is 0.0947. The van der Waals surface area contributed by atoms with Gasteiger partial charge in [0.1, 0.15) is 18.2 Å². The first-order valence-corrected chi connectivity index (χ1v) is 12.3. The Labute approximate surface area is 194 Å². The van der Waals surface area contributed by atoms with Crippen molar-refractivity contribution in [3.8, 4) is 5.75 Å². The second kappa shape index (κ2) is 10.5. The summed E-state index contributed by atoms with van der Waals surface area (Å²) in [6, 6.07) is 18.1. The molecule has 0 saturated heterocycles. The lowest BCUT2D eigenvalue weighted by Crippen LogP contribution is -2.30. The predicted octanol–water partition coefficient (Wildman–Crippen LogP) is 4.22. The Morgan fingerprint density at radius 2 is 1.64 bits per heavy atom. The summed E-state index contributed by atoms with van der Waals surface area (Å²) in [7, 11) is -3.67. The number of carbonyl (C=O) groups excluding carboxylic acids is 1. The lowest BCUT2D eigenvalue weighted by atomic mass is 10.1. The van der Waals surface area contributed by atoms with Crippen molar-refractivity contribution in [2.75, 3.05) is 23.7 Å². The summed E-state index contributed by atoms with van der Waals surface area (Å²) in [6.45, 7) is 4.47. The van der Waals surface area contributed by atoms with E-state index in [9.17, 15) is 17.6 Å².